The van der Waals surface area contributed by atoms with Crippen molar-refractivity contribution >= 4 is 22.9 Å². The van der Waals surface area contributed by atoms with Crippen LogP contribution >= 0.6 is 22.9 Å². The topological polar surface area (TPSA) is 34.2 Å². The number of hydrogen-bond acceptors (Lipinski definition) is 4. The van der Waals surface area contributed by atoms with Crippen LogP contribution in [0.1, 0.15) is 35.6 Å². The molecule has 27 heavy (non-hydrogen) atoms. The molecule has 1 fully saturated rings. The molecule has 4 rings (SSSR count). The maximum atomic E-state index is 5.92. The average molecular weight is 399 g/mol. The van der Waals surface area contributed by atoms with Crippen molar-refractivity contribution in [1.82, 2.24) is 10.3 Å². The van der Waals surface area contributed by atoms with Crippen LogP contribution in [-0.2, 0) is 6.42 Å². The average Bonchev–Trinajstić information content (AvgIpc) is 3.15. The molecular formula is C22H23ClN2OS. The van der Waals surface area contributed by atoms with E-state index in [-0.39, 0.29) is 0 Å². The summed E-state index contributed by atoms with van der Waals surface area (Å²) in [6.45, 7) is 4.40. The summed E-state index contributed by atoms with van der Waals surface area (Å²) in [5, 5.41) is 5.44. The van der Waals surface area contributed by atoms with Gasteiger partial charge >= 0.3 is 0 Å². The highest BCUT2D eigenvalue weighted by Crippen LogP contribution is 2.36. The van der Waals surface area contributed by atoms with Crippen LogP contribution in [0.2, 0.25) is 5.02 Å². The predicted molar refractivity (Wildman–Crippen MR) is 113 cm³/mol. The molecule has 0 amide bonds. The summed E-state index contributed by atoms with van der Waals surface area (Å²) < 4.78 is 5.90. The number of piperidine rings is 1. The predicted octanol–water partition coefficient (Wildman–Crippen LogP) is 6.29. The smallest absolute Gasteiger partial charge is 0.127 e. The minimum absolute atomic E-state index is 0.600. The lowest BCUT2D eigenvalue weighted by Crippen LogP contribution is -2.26. The Kier molecular flexibility index (Phi) is 5.77. The summed E-state index contributed by atoms with van der Waals surface area (Å²) in [7, 11) is 0. The van der Waals surface area contributed by atoms with Crippen LogP contribution in [0, 0.1) is 0 Å². The first-order chi connectivity index (χ1) is 13.2. The number of rotatable bonds is 5. The van der Waals surface area contributed by atoms with Gasteiger partial charge in [0.05, 0.1) is 10.7 Å². The molecule has 1 aliphatic heterocycles. The van der Waals surface area contributed by atoms with Gasteiger partial charge in [-0.25, -0.2) is 4.98 Å². The molecule has 1 aliphatic rings. The van der Waals surface area contributed by atoms with Crippen LogP contribution in [0.5, 0.6) is 11.5 Å². The summed E-state index contributed by atoms with van der Waals surface area (Å²) in [4.78, 5) is 6.40. The van der Waals surface area contributed by atoms with Crippen molar-refractivity contribution in [2.45, 2.75) is 32.1 Å². The molecule has 1 saturated heterocycles. The molecule has 0 bridgehead atoms. The zero-order chi connectivity index (χ0) is 18.6. The van der Waals surface area contributed by atoms with Gasteiger partial charge in [-0.3, -0.25) is 0 Å². The second kappa shape index (κ2) is 8.42. The number of nitrogens with zero attached hydrogens (tertiary/aromatic N) is 1. The first-order valence-electron chi connectivity index (χ1n) is 9.47. The van der Waals surface area contributed by atoms with E-state index in [0.717, 1.165) is 42.3 Å². The van der Waals surface area contributed by atoms with Crippen molar-refractivity contribution in [3.8, 4) is 22.8 Å². The van der Waals surface area contributed by atoms with E-state index in [1.165, 1.54) is 22.7 Å². The van der Waals surface area contributed by atoms with Crippen LogP contribution in [0.25, 0.3) is 11.3 Å². The fourth-order valence-electron chi connectivity index (χ4n) is 3.40. The van der Waals surface area contributed by atoms with Crippen LogP contribution in [-0.4, -0.2) is 18.1 Å². The van der Waals surface area contributed by atoms with Gasteiger partial charge in [-0.2, -0.15) is 0 Å². The molecule has 2 heterocycles. The highest BCUT2D eigenvalue weighted by atomic mass is 35.5. The summed E-state index contributed by atoms with van der Waals surface area (Å²) in [6.07, 6.45) is 3.38. The van der Waals surface area contributed by atoms with Crippen molar-refractivity contribution in [1.29, 1.82) is 0 Å². The summed E-state index contributed by atoms with van der Waals surface area (Å²) in [6, 6.07) is 15.6. The maximum Gasteiger partial charge on any atom is 0.127 e. The Labute approximate surface area is 169 Å². The Morgan fingerprint density at radius 3 is 2.30 bits per heavy atom. The lowest BCUT2D eigenvalue weighted by atomic mass is 9.99. The highest BCUT2D eigenvalue weighted by Gasteiger charge is 2.21. The number of hydrogen-bond donors (Lipinski definition) is 1. The van der Waals surface area contributed by atoms with Gasteiger partial charge in [0.15, 0.2) is 0 Å². The van der Waals surface area contributed by atoms with Crippen molar-refractivity contribution in [2.24, 2.45) is 0 Å². The second-order valence-electron chi connectivity index (χ2n) is 6.78. The molecule has 0 aliphatic carbocycles. The van der Waals surface area contributed by atoms with E-state index in [4.69, 9.17) is 21.3 Å². The Morgan fingerprint density at radius 2 is 1.67 bits per heavy atom. The van der Waals surface area contributed by atoms with Gasteiger partial charge < -0.3 is 10.1 Å². The van der Waals surface area contributed by atoms with E-state index in [2.05, 4.69) is 24.4 Å². The Bertz CT molecular complexity index is 884. The van der Waals surface area contributed by atoms with E-state index in [1.807, 2.05) is 47.7 Å². The fourth-order valence-corrected chi connectivity index (χ4v) is 4.72. The number of nitrogens with one attached hydrogen (secondary N) is 1. The number of aromatic nitrogens is 1. The van der Waals surface area contributed by atoms with Crippen molar-refractivity contribution in [3.63, 3.8) is 0 Å². The molecule has 0 radical (unpaired) electrons. The number of aryl methyl sites for hydroxylation is 1. The molecule has 5 heteroatoms. The van der Waals surface area contributed by atoms with E-state index in [0.29, 0.717) is 10.9 Å². The highest BCUT2D eigenvalue weighted by molar-refractivity contribution is 7.12. The SMILES string of the molecule is CCc1sc(C2CCNCC2)nc1-c1ccc(Oc2ccc(Cl)cc2)cc1. The largest absolute Gasteiger partial charge is 0.457 e. The number of ether oxygens (including phenoxy) is 1. The molecule has 1 aromatic heterocycles. The lowest BCUT2D eigenvalue weighted by molar-refractivity contribution is 0.459. The minimum atomic E-state index is 0.600. The van der Waals surface area contributed by atoms with Gasteiger partial charge in [0, 0.05) is 21.4 Å². The van der Waals surface area contributed by atoms with Crippen LogP contribution in [0.4, 0.5) is 0 Å². The van der Waals surface area contributed by atoms with Gasteiger partial charge in [0.25, 0.3) is 0 Å². The third-order valence-electron chi connectivity index (χ3n) is 4.90. The number of halogens is 1. The minimum Gasteiger partial charge on any atom is -0.457 e. The molecule has 140 valence electrons. The van der Waals surface area contributed by atoms with Gasteiger partial charge in [-0.15, -0.1) is 11.3 Å². The molecule has 2 aromatic carbocycles. The molecule has 0 unspecified atom stereocenters. The van der Waals surface area contributed by atoms with Crippen molar-refractivity contribution in [3.05, 3.63) is 63.4 Å². The molecule has 0 spiro atoms. The van der Waals surface area contributed by atoms with Crippen molar-refractivity contribution < 1.29 is 4.74 Å². The van der Waals surface area contributed by atoms with E-state index < -0.39 is 0 Å². The lowest BCUT2D eigenvalue weighted by Gasteiger charge is -2.20. The Hall–Kier alpha value is -1.88. The summed E-state index contributed by atoms with van der Waals surface area (Å²) in [5.41, 5.74) is 2.29. The van der Waals surface area contributed by atoms with E-state index >= 15 is 0 Å². The zero-order valence-corrected chi connectivity index (χ0v) is 16.9. The van der Waals surface area contributed by atoms with E-state index in [1.54, 1.807) is 0 Å². The van der Waals surface area contributed by atoms with Gasteiger partial charge in [0.1, 0.15) is 11.5 Å². The molecule has 3 nitrogen and oxygen atoms in total. The standard InChI is InChI=1S/C22H23ClN2OS/c1-2-20-21(25-22(27-20)16-11-13-24-14-12-16)15-3-7-18(8-4-15)26-19-9-5-17(23)6-10-19/h3-10,16,24H,2,11-14H2,1H3. The quantitative estimate of drug-likeness (QED) is 0.548. The Balaban J connectivity index is 1.54. The third kappa shape index (κ3) is 4.34. The number of thiazole rings is 1. The first kappa shape index (κ1) is 18.5. The summed E-state index contributed by atoms with van der Waals surface area (Å²) in [5.74, 6) is 2.19. The molecule has 1 N–H and O–H groups in total. The summed E-state index contributed by atoms with van der Waals surface area (Å²) >= 11 is 7.81. The Morgan fingerprint density at radius 1 is 1.04 bits per heavy atom. The van der Waals surface area contributed by atoms with Crippen LogP contribution in [0.3, 0.4) is 0 Å². The molecule has 0 saturated carbocycles. The first-order valence-corrected chi connectivity index (χ1v) is 10.7. The maximum absolute atomic E-state index is 5.92. The zero-order valence-electron chi connectivity index (χ0n) is 15.4. The van der Waals surface area contributed by atoms with Gasteiger partial charge in [-0.1, -0.05) is 18.5 Å². The van der Waals surface area contributed by atoms with Gasteiger partial charge in [0.2, 0.25) is 0 Å². The van der Waals surface area contributed by atoms with Crippen LogP contribution in [0.15, 0.2) is 48.5 Å². The molecule has 0 atom stereocenters. The molecule has 3 aromatic rings. The third-order valence-corrected chi connectivity index (χ3v) is 6.51. The monoisotopic (exact) mass is 398 g/mol. The van der Waals surface area contributed by atoms with Crippen LogP contribution < -0.4 is 10.1 Å². The second-order valence-corrected chi connectivity index (χ2v) is 8.33. The fraction of sp³-hybridized carbons (Fsp3) is 0.318. The normalized spacial score (nSPS) is 15.0. The number of benzene rings is 2. The van der Waals surface area contributed by atoms with Crippen molar-refractivity contribution in [2.75, 3.05) is 13.1 Å². The van der Waals surface area contributed by atoms with E-state index in [9.17, 15) is 0 Å². The van der Waals surface area contributed by atoms with Gasteiger partial charge in [-0.05, 0) is 80.9 Å². The molecular weight excluding hydrogens is 376 g/mol.